The smallest absolute Gasteiger partial charge is 0.347 e. The highest BCUT2D eigenvalue weighted by Crippen LogP contribution is 2.22. The number of amides is 1. The Morgan fingerprint density at radius 2 is 1.36 bits per heavy atom. The van der Waals surface area contributed by atoms with E-state index < -0.39 is 11.6 Å². The molecule has 0 saturated carbocycles. The van der Waals surface area contributed by atoms with Crippen LogP contribution in [0.4, 0.5) is 0 Å². The number of carboxylic acid groups (broad SMARTS) is 1. The summed E-state index contributed by atoms with van der Waals surface area (Å²) in [5, 5.41) is 40.2. The molecule has 218 valence electrons. The zero-order valence-electron chi connectivity index (χ0n) is 23.1. The number of carboxylic acids is 1. The molecule has 0 saturated heterocycles. The third kappa shape index (κ3) is 10.2. The van der Waals surface area contributed by atoms with Gasteiger partial charge in [-0.15, -0.1) is 0 Å². The van der Waals surface area contributed by atoms with E-state index in [9.17, 15) is 19.8 Å². The minimum atomic E-state index is -1.28. The predicted molar refractivity (Wildman–Crippen MR) is 163 cm³/mol. The Kier molecular flexibility index (Phi) is 11.0. The lowest BCUT2D eigenvalue weighted by Crippen LogP contribution is -2.37. The molecule has 9 heteroatoms. The molecule has 1 amide bonds. The summed E-state index contributed by atoms with van der Waals surface area (Å²) in [6.45, 7) is 3.48. The average Bonchev–Trinajstić information content (AvgIpc) is 2.94. The van der Waals surface area contributed by atoms with E-state index >= 15 is 0 Å². The molecule has 4 aromatic rings. The number of benzene rings is 4. The quantitative estimate of drug-likeness (QED) is 0.140. The van der Waals surface area contributed by atoms with Crippen molar-refractivity contribution < 1.29 is 34.8 Å². The molecule has 0 heterocycles. The molecule has 0 aromatic heterocycles. The highest BCUT2D eigenvalue weighted by molar-refractivity contribution is 6.30. The van der Waals surface area contributed by atoms with Crippen molar-refractivity contribution in [2.24, 2.45) is 0 Å². The van der Waals surface area contributed by atoms with Gasteiger partial charge in [0.15, 0.2) is 5.60 Å². The molecule has 5 N–H and O–H groups in total. The van der Waals surface area contributed by atoms with Gasteiger partial charge in [-0.05, 0) is 97.6 Å². The summed E-state index contributed by atoms with van der Waals surface area (Å²) in [5.74, 6) is -0.425. The molecule has 0 aliphatic rings. The molecular weight excluding hydrogens is 558 g/mol. The van der Waals surface area contributed by atoms with Crippen molar-refractivity contribution in [3.05, 3.63) is 118 Å². The third-order valence-corrected chi connectivity index (χ3v) is 6.16. The van der Waals surface area contributed by atoms with Crippen LogP contribution in [0.2, 0.25) is 5.02 Å². The molecule has 0 unspecified atom stereocenters. The first-order valence-corrected chi connectivity index (χ1v) is 13.3. The van der Waals surface area contributed by atoms with Crippen molar-refractivity contribution >= 4 is 35.6 Å². The molecule has 8 nitrogen and oxygen atoms in total. The zero-order chi connectivity index (χ0) is 30.7. The summed E-state index contributed by atoms with van der Waals surface area (Å²) in [4.78, 5) is 23.1. The molecule has 0 aliphatic carbocycles. The Bertz CT molecular complexity index is 1490. The van der Waals surface area contributed by atoms with Crippen LogP contribution < -0.4 is 10.1 Å². The van der Waals surface area contributed by atoms with Gasteiger partial charge >= 0.3 is 5.97 Å². The summed E-state index contributed by atoms with van der Waals surface area (Å²) in [5.41, 5.74) is 1.91. The topological polar surface area (TPSA) is 136 Å². The van der Waals surface area contributed by atoms with Gasteiger partial charge in [0.1, 0.15) is 23.0 Å². The molecule has 4 aromatic carbocycles. The lowest BCUT2D eigenvalue weighted by molar-refractivity contribution is -0.152. The lowest BCUT2D eigenvalue weighted by atomic mass is 10.1. The Labute approximate surface area is 249 Å². The van der Waals surface area contributed by atoms with Gasteiger partial charge in [0.05, 0.1) is 0 Å². The second-order valence-corrected chi connectivity index (χ2v) is 10.2. The minimum Gasteiger partial charge on any atom is -0.508 e. The number of ether oxygens (including phenoxy) is 1. The van der Waals surface area contributed by atoms with E-state index in [-0.39, 0.29) is 23.2 Å². The van der Waals surface area contributed by atoms with Crippen LogP contribution in [-0.2, 0) is 11.2 Å². The van der Waals surface area contributed by atoms with E-state index in [2.05, 4.69) is 5.32 Å². The molecule has 0 spiro atoms. The number of phenolic OH excluding ortho intramolecular Hbond substituents is 3. The monoisotopic (exact) mass is 589 g/mol. The van der Waals surface area contributed by atoms with Gasteiger partial charge in [-0.3, -0.25) is 4.79 Å². The molecule has 0 atom stereocenters. The number of hydrogen-bond acceptors (Lipinski definition) is 6. The summed E-state index contributed by atoms with van der Waals surface area (Å²) in [6, 6.07) is 25.0. The van der Waals surface area contributed by atoms with Gasteiger partial charge in [0, 0.05) is 23.2 Å². The summed E-state index contributed by atoms with van der Waals surface area (Å²) in [7, 11) is 0. The van der Waals surface area contributed by atoms with E-state index in [1.165, 1.54) is 19.9 Å². The van der Waals surface area contributed by atoms with Crippen molar-refractivity contribution in [3.8, 4) is 23.0 Å². The van der Waals surface area contributed by atoms with Gasteiger partial charge in [0.2, 0.25) is 0 Å². The number of rotatable bonds is 9. The number of carbonyl (C=O) groups is 2. The Morgan fingerprint density at radius 3 is 1.93 bits per heavy atom. The van der Waals surface area contributed by atoms with E-state index in [1.807, 2.05) is 18.2 Å². The standard InChI is InChI=1S/C19H20ClNO4.C14H12O3/c1-19(2,18(23)24)25-16-9-3-13(4-10-16)11-12-21-17(22)14-5-7-15(20)8-6-14;15-12-5-3-10(4-6-12)1-2-11-7-13(16)9-14(17)8-11/h3-10H,11-12H2,1-2H3,(H,21,22)(H,23,24);1-9,15-17H/b;2-1+. The fourth-order valence-corrected chi connectivity index (χ4v) is 3.70. The Balaban J connectivity index is 0.000000247. The Hall–Kier alpha value is -4.95. The maximum atomic E-state index is 12.0. The fourth-order valence-electron chi connectivity index (χ4n) is 3.58. The molecule has 0 aliphatic heterocycles. The SMILES string of the molecule is CC(C)(Oc1ccc(CCNC(=O)c2ccc(Cl)cc2)cc1)C(=O)O.Oc1ccc(/C=C/c2cc(O)cc(O)c2)cc1. The van der Waals surface area contributed by atoms with Crippen LogP contribution in [0.5, 0.6) is 23.0 Å². The van der Waals surface area contributed by atoms with Gasteiger partial charge in [-0.25, -0.2) is 4.79 Å². The summed E-state index contributed by atoms with van der Waals surface area (Å²) < 4.78 is 5.45. The average molecular weight is 590 g/mol. The Morgan fingerprint density at radius 1 is 0.786 bits per heavy atom. The number of nitrogens with one attached hydrogen (secondary N) is 1. The number of aliphatic carboxylic acids is 1. The van der Waals surface area contributed by atoms with E-state index in [4.69, 9.17) is 26.6 Å². The number of carbonyl (C=O) groups excluding carboxylic acids is 1. The van der Waals surface area contributed by atoms with Crippen LogP contribution in [0.15, 0.2) is 91.0 Å². The van der Waals surface area contributed by atoms with Crippen LogP contribution in [0.25, 0.3) is 12.2 Å². The van der Waals surface area contributed by atoms with Crippen molar-refractivity contribution in [3.63, 3.8) is 0 Å². The fraction of sp³-hybridized carbons (Fsp3) is 0.152. The van der Waals surface area contributed by atoms with Gasteiger partial charge < -0.3 is 30.5 Å². The molecule has 42 heavy (non-hydrogen) atoms. The summed E-state index contributed by atoms with van der Waals surface area (Å²) >= 11 is 5.80. The summed E-state index contributed by atoms with van der Waals surface area (Å²) in [6.07, 6.45) is 4.25. The van der Waals surface area contributed by atoms with Crippen molar-refractivity contribution in [1.82, 2.24) is 5.32 Å². The lowest BCUT2D eigenvalue weighted by Gasteiger charge is -2.21. The second kappa shape index (κ2) is 14.6. The number of phenols is 3. The molecular formula is C33H32ClNO7. The molecule has 0 bridgehead atoms. The largest absolute Gasteiger partial charge is 0.508 e. The van der Waals surface area contributed by atoms with Crippen LogP contribution in [0.1, 0.15) is 40.9 Å². The maximum absolute atomic E-state index is 12.0. The van der Waals surface area contributed by atoms with E-state index in [0.717, 1.165) is 11.1 Å². The predicted octanol–water partition coefficient (Wildman–Crippen LogP) is 6.53. The van der Waals surface area contributed by atoms with Gasteiger partial charge in [0.25, 0.3) is 5.91 Å². The van der Waals surface area contributed by atoms with Crippen LogP contribution in [0.3, 0.4) is 0 Å². The second-order valence-electron chi connectivity index (χ2n) is 9.78. The van der Waals surface area contributed by atoms with E-state index in [1.54, 1.807) is 78.9 Å². The van der Waals surface area contributed by atoms with Crippen LogP contribution >= 0.6 is 11.6 Å². The van der Waals surface area contributed by atoms with Crippen molar-refractivity contribution in [2.45, 2.75) is 25.9 Å². The molecule has 4 rings (SSSR count). The van der Waals surface area contributed by atoms with Crippen LogP contribution in [0, 0.1) is 0 Å². The third-order valence-electron chi connectivity index (χ3n) is 5.90. The highest BCUT2D eigenvalue weighted by Gasteiger charge is 2.29. The van der Waals surface area contributed by atoms with Gasteiger partial charge in [-0.2, -0.15) is 0 Å². The number of aromatic hydroxyl groups is 3. The van der Waals surface area contributed by atoms with E-state index in [0.29, 0.717) is 34.9 Å². The number of halogens is 1. The van der Waals surface area contributed by atoms with Crippen molar-refractivity contribution in [1.29, 1.82) is 0 Å². The van der Waals surface area contributed by atoms with Crippen molar-refractivity contribution in [2.75, 3.05) is 6.54 Å². The van der Waals surface area contributed by atoms with Crippen LogP contribution in [-0.4, -0.2) is 44.4 Å². The highest BCUT2D eigenvalue weighted by atomic mass is 35.5. The molecule has 0 fully saturated rings. The first-order chi connectivity index (χ1) is 19.9. The number of hydrogen-bond donors (Lipinski definition) is 5. The first-order valence-electron chi connectivity index (χ1n) is 13.0. The zero-order valence-corrected chi connectivity index (χ0v) is 23.9. The maximum Gasteiger partial charge on any atom is 0.347 e. The normalized spacial score (nSPS) is 10.9. The van der Waals surface area contributed by atoms with Gasteiger partial charge in [-0.1, -0.05) is 48.0 Å². The minimum absolute atomic E-state index is 0.0235. The molecule has 0 radical (unpaired) electrons. The first kappa shape index (κ1) is 31.6.